The minimum atomic E-state index is -0.424. The molecule has 0 bridgehead atoms. The molecule has 1 aromatic carbocycles. The molecule has 0 saturated heterocycles. The molecule has 0 saturated carbocycles. The van der Waals surface area contributed by atoms with Crippen molar-refractivity contribution in [3.8, 4) is 5.75 Å². The van der Waals surface area contributed by atoms with Crippen LogP contribution in [-0.4, -0.2) is 12.1 Å². The summed E-state index contributed by atoms with van der Waals surface area (Å²) < 4.78 is 18.0. The summed E-state index contributed by atoms with van der Waals surface area (Å²) in [6.45, 7) is 0. The lowest BCUT2D eigenvalue weighted by Gasteiger charge is -2.14. The second-order valence-electron chi connectivity index (χ2n) is 3.62. The Morgan fingerprint density at radius 1 is 1.24 bits per heavy atom. The number of pyridine rings is 1. The minimum Gasteiger partial charge on any atom is -0.496 e. The van der Waals surface area contributed by atoms with Crippen LogP contribution < -0.4 is 10.5 Å². The molecule has 0 aliphatic rings. The smallest absolute Gasteiger partial charge is 0.141 e. The first-order valence-corrected chi connectivity index (χ1v) is 5.22. The third-order valence-electron chi connectivity index (χ3n) is 2.54. The van der Waals surface area contributed by atoms with Gasteiger partial charge in [0.25, 0.3) is 0 Å². The van der Waals surface area contributed by atoms with E-state index in [-0.39, 0.29) is 5.82 Å². The predicted octanol–water partition coefficient (Wildman–Crippen LogP) is 2.28. The number of ether oxygens (including phenoxy) is 1. The number of hydrogen-bond donors (Lipinski definition) is 1. The van der Waals surface area contributed by atoms with Crippen molar-refractivity contribution in [2.75, 3.05) is 7.11 Å². The van der Waals surface area contributed by atoms with E-state index in [2.05, 4.69) is 4.98 Å². The molecule has 0 aliphatic carbocycles. The van der Waals surface area contributed by atoms with E-state index < -0.39 is 6.04 Å². The van der Waals surface area contributed by atoms with E-state index in [1.165, 1.54) is 6.07 Å². The number of nitrogens with zero attached hydrogens (tertiary/aromatic N) is 1. The maximum absolute atomic E-state index is 12.8. The first kappa shape index (κ1) is 11.5. The number of rotatable bonds is 3. The van der Waals surface area contributed by atoms with Crippen molar-refractivity contribution in [2.24, 2.45) is 5.73 Å². The van der Waals surface area contributed by atoms with Crippen LogP contribution in [-0.2, 0) is 0 Å². The maximum atomic E-state index is 12.8. The van der Waals surface area contributed by atoms with Gasteiger partial charge in [0.1, 0.15) is 11.6 Å². The monoisotopic (exact) mass is 232 g/mol. The van der Waals surface area contributed by atoms with E-state index in [0.29, 0.717) is 11.4 Å². The van der Waals surface area contributed by atoms with Gasteiger partial charge in [-0.25, -0.2) is 4.39 Å². The summed E-state index contributed by atoms with van der Waals surface area (Å²) >= 11 is 0. The van der Waals surface area contributed by atoms with Crippen molar-refractivity contribution in [3.05, 3.63) is 59.7 Å². The molecule has 0 radical (unpaired) electrons. The van der Waals surface area contributed by atoms with Crippen molar-refractivity contribution in [2.45, 2.75) is 6.04 Å². The van der Waals surface area contributed by atoms with Gasteiger partial charge >= 0.3 is 0 Å². The van der Waals surface area contributed by atoms with Gasteiger partial charge in [-0.15, -0.1) is 0 Å². The summed E-state index contributed by atoms with van der Waals surface area (Å²) in [6, 6.07) is 9.94. The van der Waals surface area contributed by atoms with Gasteiger partial charge in [0.15, 0.2) is 0 Å². The maximum Gasteiger partial charge on any atom is 0.141 e. The molecule has 2 rings (SSSR count). The summed E-state index contributed by atoms with van der Waals surface area (Å²) in [5.41, 5.74) is 7.51. The fourth-order valence-electron chi connectivity index (χ4n) is 1.65. The third-order valence-corrected chi connectivity index (χ3v) is 2.54. The van der Waals surface area contributed by atoms with Crippen LogP contribution >= 0.6 is 0 Å². The number of benzene rings is 1. The van der Waals surface area contributed by atoms with Crippen molar-refractivity contribution in [3.63, 3.8) is 0 Å². The van der Waals surface area contributed by atoms with Gasteiger partial charge < -0.3 is 10.5 Å². The zero-order chi connectivity index (χ0) is 12.3. The Hall–Kier alpha value is -1.94. The van der Waals surface area contributed by atoms with E-state index in [1.807, 2.05) is 24.3 Å². The summed E-state index contributed by atoms with van der Waals surface area (Å²) in [5, 5.41) is 0. The highest BCUT2D eigenvalue weighted by Gasteiger charge is 2.14. The second kappa shape index (κ2) is 4.93. The molecule has 3 nitrogen and oxygen atoms in total. The zero-order valence-electron chi connectivity index (χ0n) is 9.43. The SMILES string of the molecule is COc1ccccc1C(N)c1ccc(F)cn1. The van der Waals surface area contributed by atoms with Crippen LogP contribution in [0.5, 0.6) is 5.75 Å². The number of aromatic nitrogens is 1. The van der Waals surface area contributed by atoms with Crippen LogP contribution in [0, 0.1) is 5.82 Å². The van der Waals surface area contributed by atoms with E-state index in [4.69, 9.17) is 10.5 Å². The topological polar surface area (TPSA) is 48.1 Å². The number of methoxy groups -OCH3 is 1. The third kappa shape index (κ3) is 2.42. The lowest BCUT2D eigenvalue weighted by molar-refractivity contribution is 0.407. The Morgan fingerprint density at radius 2 is 2.00 bits per heavy atom. The standard InChI is InChI=1S/C13H13FN2O/c1-17-12-5-3-2-4-10(12)13(15)11-7-6-9(14)8-16-11/h2-8,13H,15H2,1H3. The summed E-state index contributed by atoms with van der Waals surface area (Å²) in [7, 11) is 1.59. The van der Waals surface area contributed by atoms with Crippen LogP contribution in [0.15, 0.2) is 42.6 Å². The Balaban J connectivity index is 2.36. The number of halogens is 1. The first-order valence-electron chi connectivity index (χ1n) is 5.22. The molecule has 0 aliphatic heterocycles. The molecule has 1 atom stereocenters. The normalized spacial score (nSPS) is 12.2. The average Bonchev–Trinajstić information content (AvgIpc) is 2.39. The molecule has 1 aromatic heterocycles. The van der Waals surface area contributed by atoms with E-state index >= 15 is 0 Å². The van der Waals surface area contributed by atoms with Crippen LogP contribution in [0.3, 0.4) is 0 Å². The van der Waals surface area contributed by atoms with Crippen molar-refractivity contribution in [1.82, 2.24) is 4.98 Å². The highest BCUT2D eigenvalue weighted by molar-refractivity contribution is 5.39. The molecule has 1 unspecified atom stereocenters. The molecular formula is C13H13FN2O. The highest BCUT2D eigenvalue weighted by Crippen LogP contribution is 2.26. The van der Waals surface area contributed by atoms with Gasteiger partial charge in [-0.3, -0.25) is 4.98 Å². The molecule has 88 valence electrons. The van der Waals surface area contributed by atoms with Gasteiger partial charge in [-0.2, -0.15) is 0 Å². The van der Waals surface area contributed by atoms with Crippen LogP contribution in [0.2, 0.25) is 0 Å². The van der Waals surface area contributed by atoms with Crippen LogP contribution in [0.1, 0.15) is 17.3 Å². The molecule has 0 amide bonds. The molecule has 17 heavy (non-hydrogen) atoms. The molecule has 1 heterocycles. The second-order valence-corrected chi connectivity index (χ2v) is 3.62. The number of nitrogens with two attached hydrogens (primary N) is 1. The summed E-state index contributed by atoms with van der Waals surface area (Å²) in [5.74, 6) is 0.326. The lowest BCUT2D eigenvalue weighted by atomic mass is 10.0. The molecule has 0 spiro atoms. The van der Waals surface area contributed by atoms with E-state index in [1.54, 1.807) is 13.2 Å². The minimum absolute atomic E-state index is 0.374. The number of para-hydroxylation sites is 1. The van der Waals surface area contributed by atoms with Gasteiger partial charge in [-0.1, -0.05) is 18.2 Å². The van der Waals surface area contributed by atoms with Gasteiger partial charge in [-0.05, 0) is 18.2 Å². The van der Waals surface area contributed by atoms with Crippen LogP contribution in [0.25, 0.3) is 0 Å². The van der Waals surface area contributed by atoms with Crippen molar-refractivity contribution < 1.29 is 9.13 Å². The van der Waals surface area contributed by atoms with E-state index in [9.17, 15) is 4.39 Å². The molecule has 0 fully saturated rings. The fraction of sp³-hybridized carbons (Fsp3) is 0.154. The molecule has 2 N–H and O–H groups in total. The Labute approximate surface area is 99.1 Å². The first-order chi connectivity index (χ1) is 8.22. The highest BCUT2D eigenvalue weighted by atomic mass is 19.1. The quantitative estimate of drug-likeness (QED) is 0.883. The molecule has 2 aromatic rings. The number of hydrogen-bond acceptors (Lipinski definition) is 3. The lowest BCUT2D eigenvalue weighted by Crippen LogP contribution is -2.14. The van der Waals surface area contributed by atoms with Gasteiger partial charge in [0, 0.05) is 5.56 Å². The Kier molecular flexibility index (Phi) is 3.35. The van der Waals surface area contributed by atoms with Crippen LogP contribution in [0.4, 0.5) is 4.39 Å². The predicted molar refractivity (Wildman–Crippen MR) is 63.2 cm³/mol. The largest absolute Gasteiger partial charge is 0.496 e. The van der Waals surface area contributed by atoms with Crippen molar-refractivity contribution >= 4 is 0 Å². The van der Waals surface area contributed by atoms with Crippen molar-refractivity contribution in [1.29, 1.82) is 0 Å². The Bertz CT molecular complexity index is 499. The summed E-state index contributed by atoms with van der Waals surface area (Å²) in [4.78, 5) is 3.97. The van der Waals surface area contributed by atoms with Gasteiger partial charge in [0.2, 0.25) is 0 Å². The zero-order valence-corrected chi connectivity index (χ0v) is 9.43. The molecule has 4 heteroatoms. The average molecular weight is 232 g/mol. The summed E-state index contributed by atoms with van der Waals surface area (Å²) in [6.07, 6.45) is 1.16. The van der Waals surface area contributed by atoms with Gasteiger partial charge in [0.05, 0.1) is 25.0 Å². The fourth-order valence-corrected chi connectivity index (χ4v) is 1.65. The Morgan fingerprint density at radius 3 is 2.65 bits per heavy atom. The van der Waals surface area contributed by atoms with E-state index in [0.717, 1.165) is 11.8 Å². The molecular weight excluding hydrogens is 219 g/mol.